The molecular formula is C12H14O2. The Morgan fingerprint density at radius 3 is 2.79 bits per heavy atom. The molecule has 0 aliphatic heterocycles. The van der Waals surface area contributed by atoms with Crippen LogP contribution in [0.25, 0.3) is 0 Å². The molecule has 0 atom stereocenters. The summed E-state index contributed by atoms with van der Waals surface area (Å²) in [6.45, 7) is 4.49. The fourth-order valence-corrected chi connectivity index (χ4v) is 1.17. The average molecular weight is 190 g/mol. The van der Waals surface area contributed by atoms with Crippen molar-refractivity contribution in [1.82, 2.24) is 0 Å². The van der Waals surface area contributed by atoms with Gasteiger partial charge in [-0.05, 0) is 37.6 Å². The maximum absolute atomic E-state index is 8.56. The van der Waals surface area contributed by atoms with Crippen LogP contribution in [-0.4, -0.2) is 18.3 Å². The Morgan fingerprint density at radius 1 is 1.43 bits per heavy atom. The van der Waals surface area contributed by atoms with Gasteiger partial charge < -0.3 is 9.84 Å². The summed E-state index contributed by atoms with van der Waals surface area (Å²) >= 11 is 0. The molecule has 0 heterocycles. The predicted octanol–water partition coefficient (Wildman–Crippen LogP) is 1.74. The third-order valence-electron chi connectivity index (χ3n) is 1.81. The molecule has 0 spiro atoms. The van der Waals surface area contributed by atoms with Crippen molar-refractivity contribution in [2.24, 2.45) is 0 Å². The van der Waals surface area contributed by atoms with Gasteiger partial charge in [-0.2, -0.15) is 0 Å². The van der Waals surface area contributed by atoms with Gasteiger partial charge in [0.15, 0.2) is 0 Å². The lowest BCUT2D eigenvalue weighted by atomic mass is 10.1. The lowest BCUT2D eigenvalue weighted by Crippen LogP contribution is -1.92. The van der Waals surface area contributed by atoms with Crippen LogP contribution in [0.5, 0.6) is 5.75 Å². The SMILES string of the molecule is CCOc1ccc(C#CCO)c(C)c1. The zero-order chi connectivity index (χ0) is 10.4. The smallest absolute Gasteiger partial charge is 0.119 e. The highest BCUT2D eigenvalue weighted by molar-refractivity contribution is 5.44. The monoisotopic (exact) mass is 190 g/mol. The highest BCUT2D eigenvalue weighted by Gasteiger charge is 1.97. The van der Waals surface area contributed by atoms with Crippen molar-refractivity contribution in [3.8, 4) is 17.6 Å². The molecular weight excluding hydrogens is 176 g/mol. The topological polar surface area (TPSA) is 29.5 Å². The summed E-state index contributed by atoms with van der Waals surface area (Å²) in [7, 11) is 0. The average Bonchev–Trinajstić information content (AvgIpc) is 2.17. The fourth-order valence-electron chi connectivity index (χ4n) is 1.17. The van der Waals surface area contributed by atoms with Gasteiger partial charge in [-0.3, -0.25) is 0 Å². The molecule has 1 aromatic carbocycles. The first kappa shape index (κ1) is 10.6. The molecule has 14 heavy (non-hydrogen) atoms. The lowest BCUT2D eigenvalue weighted by molar-refractivity contribution is 0.340. The molecule has 0 bridgehead atoms. The summed E-state index contributed by atoms with van der Waals surface area (Å²) in [5, 5.41) is 8.56. The first-order chi connectivity index (χ1) is 6.77. The van der Waals surface area contributed by atoms with E-state index < -0.39 is 0 Å². The summed E-state index contributed by atoms with van der Waals surface area (Å²) in [6.07, 6.45) is 0. The third kappa shape index (κ3) is 2.79. The van der Waals surface area contributed by atoms with Crippen molar-refractivity contribution in [3.05, 3.63) is 29.3 Å². The molecule has 74 valence electrons. The second kappa shape index (κ2) is 5.31. The molecule has 0 saturated heterocycles. The molecule has 1 rings (SSSR count). The normalized spacial score (nSPS) is 9.07. The van der Waals surface area contributed by atoms with Crippen molar-refractivity contribution >= 4 is 0 Å². The molecule has 0 aliphatic carbocycles. The van der Waals surface area contributed by atoms with Crippen LogP contribution in [-0.2, 0) is 0 Å². The first-order valence-electron chi connectivity index (χ1n) is 4.61. The number of ether oxygens (including phenoxy) is 1. The quantitative estimate of drug-likeness (QED) is 0.720. The van der Waals surface area contributed by atoms with Crippen molar-refractivity contribution in [2.75, 3.05) is 13.2 Å². The van der Waals surface area contributed by atoms with E-state index in [1.54, 1.807) is 0 Å². The zero-order valence-electron chi connectivity index (χ0n) is 8.50. The Hall–Kier alpha value is -1.46. The Kier molecular flexibility index (Phi) is 4.03. The van der Waals surface area contributed by atoms with E-state index in [1.807, 2.05) is 32.0 Å². The van der Waals surface area contributed by atoms with E-state index >= 15 is 0 Å². The van der Waals surface area contributed by atoms with Crippen LogP contribution < -0.4 is 4.74 Å². The van der Waals surface area contributed by atoms with Gasteiger partial charge in [0.25, 0.3) is 0 Å². The molecule has 0 aliphatic rings. The molecule has 0 amide bonds. The first-order valence-corrected chi connectivity index (χ1v) is 4.61. The predicted molar refractivity (Wildman–Crippen MR) is 56.3 cm³/mol. The van der Waals surface area contributed by atoms with E-state index in [-0.39, 0.29) is 6.61 Å². The van der Waals surface area contributed by atoms with Gasteiger partial charge in [-0.25, -0.2) is 0 Å². The van der Waals surface area contributed by atoms with Gasteiger partial charge in [0, 0.05) is 5.56 Å². The second-order valence-corrected chi connectivity index (χ2v) is 2.87. The Morgan fingerprint density at radius 2 is 2.21 bits per heavy atom. The van der Waals surface area contributed by atoms with Crippen LogP contribution in [0.1, 0.15) is 18.1 Å². The molecule has 0 saturated carbocycles. The number of hydrogen-bond acceptors (Lipinski definition) is 2. The molecule has 2 heteroatoms. The Bertz CT molecular complexity index is 358. The molecule has 0 aromatic heterocycles. The van der Waals surface area contributed by atoms with E-state index in [0.29, 0.717) is 6.61 Å². The van der Waals surface area contributed by atoms with Crippen molar-refractivity contribution in [2.45, 2.75) is 13.8 Å². The molecule has 2 nitrogen and oxygen atoms in total. The highest BCUT2D eigenvalue weighted by Crippen LogP contribution is 2.16. The van der Waals surface area contributed by atoms with Crippen LogP contribution in [0, 0.1) is 18.8 Å². The Balaban J connectivity index is 2.89. The molecule has 0 fully saturated rings. The van der Waals surface area contributed by atoms with E-state index in [1.165, 1.54) is 0 Å². The van der Waals surface area contributed by atoms with Crippen LogP contribution in [0.15, 0.2) is 18.2 Å². The Labute approximate surface area is 84.5 Å². The van der Waals surface area contributed by atoms with Gasteiger partial charge in [0.2, 0.25) is 0 Å². The van der Waals surface area contributed by atoms with E-state index in [0.717, 1.165) is 16.9 Å². The molecule has 1 aromatic rings. The third-order valence-corrected chi connectivity index (χ3v) is 1.81. The standard InChI is InChI=1S/C12H14O2/c1-3-14-12-7-6-11(5-4-8-13)10(2)9-12/h6-7,9,13H,3,8H2,1-2H3. The van der Waals surface area contributed by atoms with Crippen LogP contribution >= 0.6 is 0 Å². The van der Waals surface area contributed by atoms with Crippen LogP contribution in [0.4, 0.5) is 0 Å². The lowest BCUT2D eigenvalue weighted by Gasteiger charge is -2.04. The van der Waals surface area contributed by atoms with Gasteiger partial charge in [-0.1, -0.05) is 11.8 Å². The van der Waals surface area contributed by atoms with Crippen LogP contribution in [0.2, 0.25) is 0 Å². The maximum Gasteiger partial charge on any atom is 0.119 e. The summed E-state index contributed by atoms with van der Waals surface area (Å²) in [6, 6.07) is 5.74. The number of aliphatic hydroxyl groups is 1. The van der Waals surface area contributed by atoms with E-state index in [2.05, 4.69) is 11.8 Å². The summed E-state index contributed by atoms with van der Waals surface area (Å²) in [4.78, 5) is 0. The summed E-state index contributed by atoms with van der Waals surface area (Å²) in [5.41, 5.74) is 2.00. The minimum absolute atomic E-state index is 0.105. The van der Waals surface area contributed by atoms with Crippen LogP contribution in [0.3, 0.4) is 0 Å². The van der Waals surface area contributed by atoms with Gasteiger partial charge >= 0.3 is 0 Å². The van der Waals surface area contributed by atoms with Gasteiger partial charge in [0.05, 0.1) is 6.61 Å². The van der Waals surface area contributed by atoms with Crippen molar-refractivity contribution in [3.63, 3.8) is 0 Å². The number of aliphatic hydroxyl groups excluding tert-OH is 1. The zero-order valence-corrected chi connectivity index (χ0v) is 8.50. The highest BCUT2D eigenvalue weighted by atomic mass is 16.5. The number of hydrogen-bond donors (Lipinski definition) is 1. The van der Waals surface area contributed by atoms with Crippen molar-refractivity contribution in [1.29, 1.82) is 0 Å². The maximum atomic E-state index is 8.56. The van der Waals surface area contributed by atoms with Gasteiger partial charge in [-0.15, -0.1) is 0 Å². The number of aryl methyl sites for hydroxylation is 1. The summed E-state index contributed by atoms with van der Waals surface area (Å²) < 4.78 is 5.35. The minimum atomic E-state index is -0.105. The number of benzene rings is 1. The van der Waals surface area contributed by atoms with E-state index in [9.17, 15) is 0 Å². The van der Waals surface area contributed by atoms with Crippen molar-refractivity contribution < 1.29 is 9.84 Å². The largest absolute Gasteiger partial charge is 0.494 e. The summed E-state index contributed by atoms with van der Waals surface area (Å²) in [5.74, 6) is 6.36. The van der Waals surface area contributed by atoms with E-state index in [4.69, 9.17) is 9.84 Å². The second-order valence-electron chi connectivity index (χ2n) is 2.87. The number of rotatable bonds is 2. The molecule has 1 N–H and O–H groups in total. The van der Waals surface area contributed by atoms with Gasteiger partial charge in [0.1, 0.15) is 12.4 Å². The molecule has 0 unspecified atom stereocenters. The molecule has 0 radical (unpaired) electrons. The minimum Gasteiger partial charge on any atom is -0.494 e. The fraction of sp³-hybridized carbons (Fsp3) is 0.333.